The zero-order valence-electron chi connectivity index (χ0n) is 15.7. The Balaban J connectivity index is 1.46. The molecule has 3 rings (SSSR count). The number of hydrogen-bond acceptors (Lipinski definition) is 5. The molecule has 7 nitrogen and oxygen atoms in total. The lowest BCUT2D eigenvalue weighted by molar-refractivity contribution is -0.145. The van der Waals surface area contributed by atoms with E-state index >= 15 is 0 Å². The van der Waals surface area contributed by atoms with E-state index < -0.39 is 29.6 Å². The summed E-state index contributed by atoms with van der Waals surface area (Å²) in [5, 5.41) is 0. The molecule has 152 valence electrons. The van der Waals surface area contributed by atoms with Gasteiger partial charge in [-0.05, 0) is 18.6 Å². The molecule has 2 fully saturated rings. The second-order valence-electron chi connectivity index (χ2n) is 7.10. The largest absolute Gasteiger partial charge is 0.417 e. The van der Waals surface area contributed by atoms with Crippen LogP contribution in [-0.4, -0.2) is 67.0 Å². The van der Waals surface area contributed by atoms with Gasteiger partial charge in [0.05, 0.1) is 6.42 Å². The smallest absolute Gasteiger partial charge is 0.376 e. The predicted molar refractivity (Wildman–Crippen MR) is 96.6 cm³/mol. The summed E-state index contributed by atoms with van der Waals surface area (Å²) in [4.78, 5) is 41.0. The van der Waals surface area contributed by atoms with Gasteiger partial charge < -0.3 is 19.4 Å². The third kappa shape index (κ3) is 4.58. The summed E-state index contributed by atoms with van der Waals surface area (Å²) >= 11 is 0. The molecule has 2 aliphatic rings. The fourth-order valence-electron chi connectivity index (χ4n) is 3.22. The van der Waals surface area contributed by atoms with Crippen LogP contribution < -0.4 is 4.90 Å². The van der Waals surface area contributed by atoms with Gasteiger partial charge in [-0.3, -0.25) is 9.59 Å². The van der Waals surface area contributed by atoms with Crippen LogP contribution in [0.2, 0.25) is 0 Å². The van der Waals surface area contributed by atoms with E-state index in [2.05, 4.69) is 0 Å². The van der Waals surface area contributed by atoms with E-state index in [9.17, 15) is 23.2 Å². The van der Waals surface area contributed by atoms with Crippen molar-refractivity contribution in [2.24, 2.45) is 5.92 Å². The first-order chi connectivity index (χ1) is 13.3. The minimum atomic E-state index is -0.907. The molecule has 28 heavy (non-hydrogen) atoms. The minimum absolute atomic E-state index is 0.165. The van der Waals surface area contributed by atoms with E-state index in [1.165, 1.54) is 11.0 Å². The molecule has 0 aliphatic carbocycles. The molecule has 1 aromatic rings. The Morgan fingerprint density at radius 3 is 2.25 bits per heavy atom. The molecule has 2 aliphatic heterocycles. The van der Waals surface area contributed by atoms with Crippen molar-refractivity contribution in [2.75, 3.05) is 44.2 Å². The highest BCUT2D eigenvalue weighted by atomic mass is 19.2. The Bertz CT molecular complexity index is 762. The number of amides is 2. The summed E-state index contributed by atoms with van der Waals surface area (Å²) in [5.74, 6) is -3.32. The fraction of sp³-hybridized carbons (Fsp3) is 0.526. The summed E-state index contributed by atoms with van der Waals surface area (Å²) in [5.41, 5.74) is 0.562. The van der Waals surface area contributed by atoms with Crippen molar-refractivity contribution in [2.45, 2.75) is 19.8 Å². The summed E-state index contributed by atoms with van der Waals surface area (Å²) < 4.78 is 31.2. The van der Waals surface area contributed by atoms with Crippen molar-refractivity contribution >= 4 is 23.7 Å². The SMILES string of the molecule is CC(CC(=O)OC(=O)N1CCC1)C(=O)N1CCN(c2ccc(F)c(F)c2)CC1. The quantitative estimate of drug-likeness (QED) is 0.576. The molecule has 0 N–H and O–H groups in total. The van der Waals surface area contributed by atoms with E-state index in [0.717, 1.165) is 18.6 Å². The molecule has 0 aromatic heterocycles. The molecule has 0 radical (unpaired) electrons. The normalized spacial score (nSPS) is 17.8. The van der Waals surface area contributed by atoms with E-state index in [1.54, 1.807) is 11.8 Å². The van der Waals surface area contributed by atoms with Crippen LogP contribution in [-0.2, 0) is 14.3 Å². The zero-order valence-corrected chi connectivity index (χ0v) is 15.7. The molecule has 1 aromatic carbocycles. The van der Waals surface area contributed by atoms with E-state index in [-0.39, 0.29) is 12.3 Å². The maximum atomic E-state index is 13.4. The number of ether oxygens (including phenoxy) is 1. The summed E-state index contributed by atoms with van der Waals surface area (Å²) in [6.45, 7) is 4.56. The standard InChI is InChI=1S/C19H23F2N3O4/c1-13(11-17(25)28-19(27)24-5-2-6-24)18(26)23-9-7-22(8-10-23)14-3-4-15(20)16(21)12-14/h3-4,12-13H,2,5-11H2,1H3. The number of likely N-dealkylation sites (tertiary alicyclic amines) is 1. The van der Waals surface area contributed by atoms with Gasteiger partial charge in [0.1, 0.15) is 0 Å². The number of carbonyl (C=O) groups is 3. The first kappa shape index (κ1) is 20.0. The second-order valence-corrected chi connectivity index (χ2v) is 7.10. The average Bonchev–Trinajstić information content (AvgIpc) is 2.61. The van der Waals surface area contributed by atoms with Crippen LogP contribution in [0.5, 0.6) is 0 Å². The van der Waals surface area contributed by atoms with Crippen LogP contribution in [0.4, 0.5) is 19.3 Å². The number of rotatable bonds is 4. The number of carbonyl (C=O) groups excluding carboxylic acids is 3. The Labute approximate surface area is 161 Å². The summed E-state index contributed by atoms with van der Waals surface area (Å²) in [6.07, 6.45) is 0.0762. The highest BCUT2D eigenvalue weighted by Crippen LogP contribution is 2.20. The Kier molecular flexibility index (Phi) is 6.11. The lowest BCUT2D eigenvalue weighted by Gasteiger charge is -2.37. The van der Waals surface area contributed by atoms with Gasteiger partial charge in [0.15, 0.2) is 11.6 Å². The first-order valence-corrected chi connectivity index (χ1v) is 9.33. The van der Waals surface area contributed by atoms with Gasteiger partial charge in [-0.2, -0.15) is 0 Å². The highest BCUT2D eigenvalue weighted by Gasteiger charge is 2.29. The number of halogens is 2. The Morgan fingerprint density at radius 1 is 1.00 bits per heavy atom. The lowest BCUT2D eigenvalue weighted by atomic mass is 10.1. The van der Waals surface area contributed by atoms with Crippen LogP contribution in [0.3, 0.4) is 0 Å². The zero-order chi connectivity index (χ0) is 20.3. The molecule has 2 amide bonds. The van der Waals surface area contributed by atoms with E-state index in [4.69, 9.17) is 4.74 Å². The van der Waals surface area contributed by atoms with Crippen molar-refractivity contribution in [3.63, 3.8) is 0 Å². The topological polar surface area (TPSA) is 70.2 Å². The fourth-order valence-corrected chi connectivity index (χ4v) is 3.22. The van der Waals surface area contributed by atoms with Crippen molar-refractivity contribution in [1.82, 2.24) is 9.80 Å². The molecular formula is C19H23F2N3O4. The van der Waals surface area contributed by atoms with Gasteiger partial charge in [0.2, 0.25) is 5.91 Å². The van der Waals surface area contributed by atoms with Crippen molar-refractivity contribution in [3.8, 4) is 0 Å². The minimum Gasteiger partial charge on any atom is -0.376 e. The van der Waals surface area contributed by atoms with Gasteiger partial charge in [0.25, 0.3) is 0 Å². The number of piperazine rings is 1. The van der Waals surface area contributed by atoms with E-state index in [0.29, 0.717) is 45.0 Å². The summed E-state index contributed by atoms with van der Waals surface area (Å²) in [7, 11) is 0. The number of benzene rings is 1. The monoisotopic (exact) mass is 395 g/mol. The van der Waals surface area contributed by atoms with Gasteiger partial charge in [-0.25, -0.2) is 13.6 Å². The van der Waals surface area contributed by atoms with Crippen LogP contribution in [0.25, 0.3) is 0 Å². The predicted octanol–water partition coefficient (Wildman–Crippen LogP) is 2.01. The van der Waals surface area contributed by atoms with Gasteiger partial charge in [0, 0.05) is 56.9 Å². The van der Waals surface area contributed by atoms with Crippen LogP contribution in [0.15, 0.2) is 18.2 Å². The van der Waals surface area contributed by atoms with E-state index in [1.807, 2.05) is 4.90 Å². The van der Waals surface area contributed by atoms with Gasteiger partial charge in [-0.15, -0.1) is 0 Å². The molecule has 0 saturated carbocycles. The van der Waals surface area contributed by atoms with Gasteiger partial charge >= 0.3 is 12.1 Å². The molecule has 1 atom stereocenters. The van der Waals surface area contributed by atoms with Crippen LogP contribution in [0, 0.1) is 17.6 Å². The Hall–Kier alpha value is -2.71. The summed E-state index contributed by atoms with van der Waals surface area (Å²) in [6, 6.07) is 3.72. The molecule has 1 unspecified atom stereocenters. The number of nitrogens with zero attached hydrogens (tertiary/aromatic N) is 3. The molecule has 2 saturated heterocycles. The molecule has 2 heterocycles. The van der Waals surface area contributed by atoms with Gasteiger partial charge in [-0.1, -0.05) is 6.92 Å². The van der Waals surface area contributed by atoms with Crippen molar-refractivity contribution < 1.29 is 27.9 Å². The number of hydrogen-bond donors (Lipinski definition) is 0. The maximum Gasteiger partial charge on any atom is 0.417 e. The average molecular weight is 395 g/mol. The molecule has 0 bridgehead atoms. The third-order valence-electron chi connectivity index (χ3n) is 5.07. The van der Waals surface area contributed by atoms with Crippen molar-refractivity contribution in [1.29, 1.82) is 0 Å². The number of esters is 1. The molecule has 0 spiro atoms. The lowest BCUT2D eigenvalue weighted by Crippen LogP contribution is -2.50. The van der Waals surface area contributed by atoms with Crippen LogP contribution >= 0.6 is 0 Å². The molecule has 9 heteroatoms. The third-order valence-corrected chi connectivity index (χ3v) is 5.07. The maximum absolute atomic E-state index is 13.4. The highest BCUT2D eigenvalue weighted by molar-refractivity contribution is 5.88. The second kappa shape index (κ2) is 8.53. The molecular weight excluding hydrogens is 372 g/mol. The Morgan fingerprint density at radius 2 is 1.68 bits per heavy atom. The van der Waals surface area contributed by atoms with Crippen LogP contribution in [0.1, 0.15) is 19.8 Å². The first-order valence-electron chi connectivity index (χ1n) is 9.33. The number of anilines is 1. The van der Waals surface area contributed by atoms with Crippen molar-refractivity contribution in [3.05, 3.63) is 29.8 Å².